The molecule has 22 heavy (non-hydrogen) atoms. The first-order valence-corrected chi connectivity index (χ1v) is 8.05. The highest BCUT2D eigenvalue weighted by Gasteiger charge is 2.11. The quantitative estimate of drug-likeness (QED) is 0.622. The summed E-state index contributed by atoms with van der Waals surface area (Å²) >= 11 is 1.39. The van der Waals surface area contributed by atoms with E-state index in [-0.39, 0.29) is 30.6 Å². The summed E-state index contributed by atoms with van der Waals surface area (Å²) in [5, 5.41) is 3.52. The number of hydrogen-bond donors (Lipinski definition) is 1. The van der Waals surface area contributed by atoms with Gasteiger partial charge in [0.05, 0.1) is 30.3 Å². The third-order valence-electron chi connectivity index (χ3n) is 3.15. The van der Waals surface area contributed by atoms with Gasteiger partial charge in [-0.2, -0.15) is 0 Å². The van der Waals surface area contributed by atoms with Crippen molar-refractivity contribution in [3.8, 4) is 0 Å². The number of carbonyl (C=O) groups is 2. The molecule has 118 valence electrons. The fourth-order valence-corrected chi connectivity index (χ4v) is 2.96. The molecule has 2 rings (SSSR count). The highest BCUT2D eigenvalue weighted by molar-refractivity contribution is 7.99. The van der Waals surface area contributed by atoms with Gasteiger partial charge in [-0.15, -0.1) is 0 Å². The van der Waals surface area contributed by atoms with Crippen molar-refractivity contribution in [2.75, 3.05) is 19.4 Å². The average molecular weight is 321 g/mol. The van der Waals surface area contributed by atoms with Gasteiger partial charge in [0, 0.05) is 13.1 Å². The standard InChI is InChI=1S/C15H19N3O3S/c1-3-18-12-7-5-4-6-11(12)17-15(18)22-10-13(19)16-9-8-14(20)21-2/h4-7H,3,8-10H2,1-2H3,(H,16,19). The Bertz CT molecular complexity index is 669. The Hall–Kier alpha value is -2.02. The molecule has 0 bridgehead atoms. The molecule has 0 unspecified atom stereocenters. The van der Waals surface area contributed by atoms with E-state index in [0.717, 1.165) is 22.7 Å². The number of rotatable bonds is 7. The predicted molar refractivity (Wildman–Crippen MR) is 85.8 cm³/mol. The molecule has 0 radical (unpaired) electrons. The number of thioether (sulfide) groups is 1. The number of aromatic nitrogens is 2. The van der Waals surface area contributed by atoms with Crippen molar-refractivity contribution >= 4 is 34.7 Å². The fraction of sp³-hybridized carbons (Fsp3) is 0.400. The van der Waals surface area contributed by atoms with Gasteiger partial charge >= 0.3 is 5.97 Å². The molecule has 0 spiro atoms. The molecule has 0 saturated carbocycles. The van der Waals surface area contributed by atoms with Crippen LogP contribution in [0.2, 0.25) is 0 Å². The second kappa shape index (κ2) is 7.84. The Kier molecular flexibility index (Phi) is 5.83. The Morgan fingerprint density at radius 3 is 2.86 bits per heavy atom. The lowest BCUT2D eigenvalue weighted by atomic mass is 10.3. The maximum Gasteiger partial charge on any atom is 0.307 e. The van der Waals surface area contributed by atoms with Crippen LogP contribution in [0, 0.1) is 0 Å². The number of nitrogens with one attached hydrogen (secondary N) is 1. The van der Waals surface area contributed by atoms with Crippen LogP contribution in [0.15, 0.2) is 29.4 Å². The van der Waals surface area contributed by atoms with Crippen molar-refractivity contribution in [1.29, 1.82) is 0 Å². The van der Waals surface area contributed by atoms with Crippen LogP contribution in [-0.4, -0.2) is 40.8 Å². The van der Waals surface area contributed by atoms with Gasteiger partial charge < -0.3 is 14.6 Å². The van der Waals surface area contributed by atoms with Crippen molar-refractivity contribution in [3.63, 3.8) is 0 Å². The van der Waals surface area contributed by atoms with E-state index in [9.17, 15) is 9.59 Å². The molecule has 0 saturated heterocycles. The van der Waals surface area contributed by atoms with E-state index in [1.165, 1.54) is 18.9 Å². The number of fused-ring (bicyclic) bond motifs is 1. The second-order valence-corrected chi connectivity index (χ2v) is 5.53. The number of carbonyl (C=O) groups excluding carboxylic acids is 2. The van der Waals surface area contributed by atoms with E-state index in [2.05, 4.69) is 26.5 Å². The number of imidazole rings is 1. The van der Waals surface area contributed by atoms with Crippen LogP contribution in [-0.2, 0) is 20.9 Å². The maximum absolute atomic E-state index is 11.8. The highest BCUT2D eigenvalue weighted by Crippen LogP contribution is 2.23. The third kappa shape index (κ3) is 4.00. The van der Waals surface area contributed by atoms with Crippen molar-refractivity contribution in [2.45, 2.75) is 25.0 Å². The van der Waals surface area contributed by atoms with Crippen molar-refractivity contribution in [3.05, 3.63) is 24.3 Å². The Morgan fingerprint density at radius 1 is 1.36 bits per heavy atom. The largest absolute Gasteiger partial charge is 0.469 e. The van der Waals surface area contributed by atoms with Gasteiger partial charge in [-0.05, 0) is 19.1 Å². The Balaban J connectivity index is 1.91. The lowest BCUT2D eigenvalue weighted by Crippen LogP contribution is -2.27. The molecule has 1 amide bonds. The average Bonchev–Trinajstić information content (AvgIpc) is 2.90. The van der Waals surface area contributed by atoms with E-state index >= 15 is 0 Å². The van der Waals surface area contributed by atoms with E-state index in [4.69, 9.17) is 0 Å². The summed E-state index contributed by atoms with van der Waals surface area (Å²) in [5.74, 6) is -0.186. The van der Waals surface area contributed by atoms with Gasteiger partial charge in [0.2, 0.25) is 5.91 Å². The minimum Gasteiger partial charge on any atom is -0.469 e. The molecule has 0 atom stereocenters. The van der Waals surface area contributed by atoms with E-state index in [1.807, 2.05) is 24.3 Å². The zero-order valence-corrected chi connectivity index (χ0v) is 13.5. The van der Waals surface area contributed by atoms with Crippen LogP contribution >= 0.6 is 11.8 Å². The summed E-state index contributed by atoms with van der Waals surface area (Å²) in [6.45, 7) is 3.14. The molecule has 1 N–H and O–H groups in total. The summed E-state index contributed by atoms with van der Waals surface area (Å²) in [5.41, 5.74) is 2.00. The molecule has 0 aliphatic heterocycles. The summed E-state index contributed by atoms with van der Waals surface area (Å²) < 4.78 is 6.60. The molecular formula is C15H19N3O3S. The SMILES string of the molecule is CCn1c(SCC(=O)NCCC(=O)OC)nc2ccccc21. The number of ether oxygens (including phenoxy) is 1. The molecular weight excluding hydrogens is 302 g/mol. The molecule has 2 aromatic rings. The van der Waals surface area contributed by atoms with E-state index < -0.39 is 0 Å². The Labute approximate surface area is 133 Å². The number of aryl methyl sites for hydroxylation is 1. The molecule has 1 aromatic heterocycles. The lowest BCUT2D eigenvalue weighted by Gasteiger charge is -2.06. The number of nitrogens with zero attached hydrogens (tertiary/aromatic N) is 2. The number of benzene rings is 1. The van der Waals surface area contributed by atoms with Gasteiger partial charge in [-0.3, -0.25) is 9.59 Å². The topological polar surface area (TPSA) is 73.2 Å². The monoisotopic (exact) mass is 321 g/mol. The lowest BCUT2D eigenvalue weighted by molar-refractivity contribution is -0.140. The van der Waals surface area contributed by atoms with Crippen LogP contribution in [0.5, 0.6) is 0 Å². The number of hydrogen-bond acceptors (Lipinski definition) is 5. The molecule has 7 heteroatoms. The minimum atomic E-state index is -0.333. The third-order valence-corrected chi connectivity index (χ3v) is 4.12. The first-order chi connectivity index (χ1) is 10.7. The van der Waals surface area contributed by atoms with Gasteiger partial charge in [-0.25, -0.2) is 4.98 Å². The molecule has 6 nitrogen and oxygen atoms in total. The molecule has 0 aliphatic carbocycles. The van der Waals surface area contributed by atoms with Crippen LogP contribution in [0.4, 0.5) is 0 Å². The number of methoxy groups -OCH3 is 1. The zero-order valence-electron chi connectivity index (χ0n) is 12.7. The van der Waals surface area contributed by atoms with Gasteiger partial charge in [-0.1, -0.05) is 23.9 Å². The normalized spacial score (nSPS) is 10.6. The summed E-state index contributed by atoms with van der Waals surface area (Å²) in [6, 6.07) is 7.90. The number of para-hydroxylation sites is 2. The predicted octanol–water partition coefficient (Wildman–Crippen LogP) is 1.83. The van der Waals surface area contributed by atoms with Crippen LogP contribution in [0.25, 0.3) is 11.0 Å². The smallest absolute Gasteiger partial charge is 0.307 e. The highest BCUT2D eigenvalue weighted by atomic mass is 32.2. The molecule has 1 aromatic carbocycles. The second-order valence-electron chi connectivity index (χ2n) is 4.59. The van der Waals surface area contributed by atoms with Crippen molar-refractivity contribution in [1.82, 2.24) is 14.9 Å². The molecule has 1 heterocycles. The first kappa shape index (κ1) is 16.4. The van der Waals surface area contributed by atoms with Crippen LogP contribution < -0.4 is 5.32 Å². The summed E-state index contributed by atoms with van der Waals surface area (Å²) in [4.78, 5) is 27.3. The number of esters is 1. The summed E-state index contributed by atoms with van der Waals surface area (Å²) in [6.07, 6.45) is 0.181. The van der Waals surface area contributed by atoms with Crippen molar-refractivity contribution in [2.24, 2.45) is 0 Å². The van der Waals surface area contributed by atoms with Gasteiger partial charge in [0.15, 0.2) is 5.16 Å². The molecule has 0 fully saturated rings. The fourth-order valence-electron chi connectivity index (χ4n) is 2.06. The zero-order chi connectivity index (χ0) is 15.9. The van der Waals surface area contributed by atoms with Crippen LogP contribution in [0.3, 0.4) is 0 Å². The summed E-state index contributed by atoms with van der Waals surface area (Å²) in [7, 11) is 1.33. The van der Waals surface area contributed by atoms with Crippen molar-refractivity contribution < 1.29 is 14.3 Å². The number of amides is 1. The van der Waals surface area contributed by atoms with E-state index in [1.54, 1.807) is 0 Å². The molecule has 0 aliphatic rings. The first-order valence-electron chi connectivity index (χ1n) is 7.07. The van der Waals surface area contributed by atoms with E-state index in [0.29, 0.717) is 0 Å². The van der Waals surface area contributed by atoms with Crippen LogP contribution in [0.1, 0.15) is 13.3 Å². The van der Waals surface area contributed by atoms with Gasteiger partial charge in [0.25, 0.3) is 0 Å². The van der Waals surface area contributed by atoms with Gasteiger partial charge in [0.1, 0.15) is 0 Å². The Morgan fingerprint density at radius 2 is 2.14 bits per heavy atom. The maximum atomic E-state index is 11.8. The minimum absolute atomic E-state index is 0.122.